The molecule has 1 amide bonds. The van der Waals surface area contributed by atoms with Crippen LogP contribution in [-0.2, 0) is 11.2 Å². The van der Waals surface area contributed by atoms with Gasteiger partial charge in [0.25, 0.3) is 0 Å². The third kappa shape index (κ3) is 3.29. The van der Waals surface area contributed by atoms with E-state index in [-0.39, 0.29) is 36.8 Å². The van der Waals surface area contributed by atoms with Crippen molar-refractivity contribution in [2.45, 2.75) is 19.3 Å². The SMILES string of the molecule is O=C(CCc1cccc(F)c1F)N1CCC(CO)C1. The molecule has 1 unspecified atom stereocenters. The standard InChI is InChI=1S/C14H17F2NO2/c15-12-3-1-2-11(14(12)16)4-5-13(19)17-7-6-10(8-17)9-18/h1-3,10,18H,4-9H2. The summed E-state index contributed by atoms with van der Waals surface area (Å²) in [5.41, 5.74) is 0.228. The molecule has 0 aliphatic carbocycles. The lowest BCUT2D eigenvalue weighted by Gasteiger charge is -2.16. The Balaban J connectivity index is 1.89. The molecular formula is C14H17F2NO2. The summed E-state index contributed by atoms with van der Waals surface area (Å²) in [5.74, 6) is -1.68. The molecule has 1 saturated heterocycles. The lowest BCUT2D eigenvalue weighted by atomic mass is 10.1. The summed E-state index contributed by atoms with van der Waals surface area (Å²) < 4.78 is 26.4. The molecule has 5 heteroatoms. The molecule has 19 heavy (non-hydrogen) atoms. The molecule has 0 saturated carbocycles. The average molecular weight is 269 g/mol. The number of carbonyl (C=O) groups excluding carboxylic acids is 1. The molecule has 1 heterocycles. The smallest absolute Gasteiger partial charge is 0.222 e. The number of aliphatic hydroxyl groups is 1. The predicted molar refractivity (Wildman–Crippen MR) is 66.5 cm³/mol. The third-order valence-electron chi connectivity index (χ3n) is 3.54. The number of hydrogen-bond acceptors (Lipinski definition) is 2. The van der Waals surface area contributed by atoms with Gasteiger partial charge in [0.15, 0.2) is 11.6 Å². The van der Waals surface area contributed by atoms with Gasteiger partial charge in [-0.2, -0.15) is 0 Å². The van der Waals surface area contributed by atoms with Crippen molar-refractivity contribution in [1.29, 1.82) is 0 Å². The maximum atomic E-state index is 13.4. The summed E-state index contributed by atoms with van der Waals surface area (Å²) in [6, 6.07) is 4.00. The Morgan fingerprint density at radius 2 is 2.21 bits per heavy atom. The molecule has 2 rings (SSSR count). The minimum atomic E-state index is -0.883. The van der Waals surface area contributed by atoms with E-state index in [1.54, 1.807) is 4.90 Å². The number of rotatable bonds is 4. The van der Waals surface area contributed by atoms with E-state index in [9.17, 15) is 13.6 Å². The Labute approximate surface area is 110 Å². The van der Waals surface area contributed by atoms with E-state index in [0.29, 0.717) is 13.1 Å². The monoisotopic (exact) mass is 269 g/mol. The van der Waals surface area contributed by atoms with Crippen molar-refractivity contribution in [3.8, 4) is 0 Å². The molecule has 0 aromatic heterocycles. The van der Waals surface area contributed by atoms with Gasteiger partial charge in [0.05, 0.1) is 0 Å². The predicted octanol–water partition coefficient (Wildman–Crippen LogP) is 1.74. The van der Waals surface area contributed by atoms with Crippen LogP contribution in [-0.4, -0.2) is 35.6 Å². The van der Waals surface area contributed by atoms with Crippen molar-refractivity contribution in [2.75, 3.05) is 19.7 Å². The van der Waals surface area contributed by atoms with Crippen LogP contribution in [0.3, 0.4) is 0 Å². The minimum Gasteiger partial charge on any atom is -0.396 e. The van der Waals surface area contributed by atoms with E-state index in [2.05, 4.69) is 0 Å². The van der Waals surface area contributed by atoms with Gasteiger partial charge in [-0.15, -0.1) is 0 Å². The number of likely N-dealkylation sites (tertiary alicyclic amines) is 1. The van der Waals surface area contributed by atoms with Crippen LogP contribution in [0.4, 0.5) is 8.78 Å². The summed E-state index contributed by atoms with van der Waals surface area (Å²) in [7, 11) is 0. The van der Waals surface area contributed by atoms with Crippen LogP contribution < -0.4 is 0 Å². The Hall–Kier alpha value is -1.49. The molecule has 1 N–H and O–H groups in total. The van der Waals surface area contributed by atoms with Crippen LogP contribution in [0, 0.1) is 17.6 Å². The lowest BCUT2D eigenvalue weighted by Crippen LogP contribution is -2.29. The van der Waals surface area contributed by atoms with Crippen molar-refractivity contribution in [3.63, 3.8) is 0 Å². The molecular weight excluding hydrogens is 252 g/mol. The quantitative estimate of drug-likeness (QED) is 0.904. The van der Waals surface area contributed by atoms with Crippen LogP contribution in [0.2, 0.25) is 0 Å². The molecule has 3 nitrogen and oxygen atoms in total. The Kier molecular flexibility index (Phi) is 4.47. The molecule has 0 spiro atoms. The van der Waals surface area contributed by atoms with Gasteiger partial charge in [0.1, 0.15) is 0 Å². The summed E-state index contributed by atoms with van der Waals surface area (Å²) in [4.78, 5) is 13.6. The minimum absolute atomic E-state index is 0.0698. The molecule has 1 atom stereocenters. The van der Waals surface area contributed by atoms with Gasteiger partial charge in [0.2, 0.25) is 5.91 Å². The number of aryl methyl sites for hydroxylation is 1. The highest BCUT2D eigenvalue weighted by molar-refractivity contribution is 5.76. The van der Waals surface area contributed by atoms with Crippen molar-refractivity contribution in [1.82, 2.24) is 4.90 Å². The van der Waals surface area contributed by atoms with Crippen LogP contribution in [0.5, 0.6) is 0 Å². The number of carbonyl (C=O) groups is 1. The first kappa shape index (κ1) is 13.9. The summed E-state index contributed by atoms with van der Waals surface area (Å²) in [6.45, 7) is 1.28. The number of amides is 1. The van der Waals surface area contributed by atoms with Crippen LogP contribution in [0.1, 0.15) is 18.4 Å². The average Bonchev–Trinajstić information content (AvgIpc) is 2.89. The van der Waals surface area contributed by atoms with E-state index >= 15 is 0 Å². The summed E-state index contributed by atoms with van der Waals surface area (Å²) in [5, 5.41) is 9.01. The number of aliphatic hydroxyl groups excluding tert-OH is 1. The highest BCUT2D eigenvalue weighted by Crippen LogP contribution is 2.18. The molecule has 0 radical (unpaired) electrons. The number of hydrogen-bond donors (Lipinski definition) is 1. The zero-order chi connectivity index (χ0) is 13.8. The fourth-order valence-electron chi connectivity index (χ4n) is 2.35. The fourth-order valence-corrected chi connectivity index (χ4v) is 2.35. The van der Waals surface area contributed by atoms with Crippen LogP contribution in [0.15, 0.2) is 18.2 Å². The second kappa shape index (κ2) is 6.10. The maximum absolute atomic E-state index is 13.4. The van der Waals surface area contributed by atoms with Gasteiger partial charge < -0.3 is 10.0 Å². The molecule has 1 fully saturated rings. The maximum Gasteiger partial charge on any atom is 0.222 e. The number of nitrogens with zero attached hydrogens (tertiary/aromatic N) is 1. The third-order valence-corrected chi connectivity index (χ3v) is 3.54. The zero-order valence-electron chi connectivity index (χ0n) is 10.6. The molecule has 1 aromatic carbocycles. The largest absolute Gasteiger partial charge is 0.396 e. The first-order valence-corrected chi connectivity index (χ1v) is 6.43. The first-order chi connectivity index (χ1) is 9.11. The zero-order valence-corrected chi connectivity index (χ0v) is 10.6. The van der Waals surface area contributed by atoms with Crippen molar-refractivity contribution < 1.29 is 18.7 Å². The summed E-state index contributed by atoms with van der Waals surface area (Å²) >= 11 is 0. The molecule has 1 aromatic rings. The van der Waals surface area contributed by atoms with Crippen molar-refractivity contribution in [2.24, 2.45) is 5.92 Å². The van der Waals surface area contributed by atoms with Crippen molar-refractivity contribution >= 4 is 5.91 Å². The van der Waals surface area contributed by atoms with E-state index < -0.39 is 11.6 Å². The van der Waals surface area contributed by atoms with Gasteiger partial charge in [-0.3, -0.25) is 4.79 Å². The van der Waals surface area contributed by atoms with Gasteiger partial charge in [-0.25, -0.2) is 8.78 Å². The lowest BCUT2D eigenvalue weighted by molar-refractivity contribution is -0.130. The Bertz CT molecular complexity index is 465. The summed E-state index contributed by atoms with van der Waals surface area (Å²) in [6.07, 6.45) is 1.16. The van der Waals surface area contributed by atoms with E-state index in [1.165, 1.54) is 12.1 Å². The second-order valence-corrected chi connectivity index (χ2v) is 4.89. The molecule has 0 bridgehead atoms. The van der Waals surface area contributed by atoms with Gasteiger partial charge in [-0.1, -0.05) is 12.1 Å². The number of halogens is 2. The van der Waals surface area contributed by atoms with E-state index in [0.717, 1.165) is 12.5 Å². The van der Waals surface area contributed by atoms with Crippen LogP contribution >= 0.6 is 0 Å². The molecule has 1 aliphatic rings. The highest BCUT2D eigenvalue weighted by Gasteiger charge is 2.25. The van der Waals surface area contributed by atoms with E-state index in [1.807, 2.05) is 0 Å². The topological polar surface area (TPSA) is 40.5 Å². The number of benzene rings is 1. The Morgan fingerprint density at radius 1 is 1.42 bits per heavy atom. The van der Waals surface area contributed by atoms with Gasteiger partial charge in [0, 0.05) is 32.0 Å². The van der Waals surface area contributed by atoms with E-state index in [4.69, 9.17) is 5.11 Å². The molecule has 104 valence electrons. The van der Waals surface area contributed by atoms with Crippen LogP contribution in [0.25, 0.3) is 0 Å². The first-order valence-electron chi connectivity index (χ1n) is 6.43. The Morgan fingerprint density at radius 3 is 2.89 bits per heavy atom. The second-order valence-electron chi connectivity index (χ2n) is 4.89. The fraction of sp³-hybridized carbons (Fsp3) is 0.500. The van der Waals surface area contributed by atoms with Crippen molar-refractivity contribution in [3.05, 3.63) is 35.4 Å². The van der Waals surface area contributed by atoms with Gasteiger partial charge in [-0.05, 0) is 24.5 Å². The highest BCUT2D eigenvalue weighted by atomic mass is 19.2. The van der Waals surface area contributed by atoms with Gasteiger partial charge >= 0.3 is 0 Å². The molecule has 1 aliphatic heterocycles. The normalized spacial score (nSPS) is 18.9.